The van der Waals surface area contributed by atoms with E-state index in [1.165, 1.54) is 24.3 Å². The van der Waals surface area contributed by atoms with Crippen LogP contribution in [0.3, 0.4) is 0 Å². The number of alkyl halides is 1. The lowest BCUT2D eigenvalue weighted by atomic mass is 9.94. The lowest BCUT2D eigenvalue weighted by Crippen LogP contribution is -2.51. The number of piperazine rings is 1. The Morgan fingerprint density at radius 1 is 0.944 bits per heavy atom. The van der Waals surface area contributed by atoms with Crippen LogP contribution in [0.25, 0.3) is 55.0 Å². The largest absolute Gasteiger partial charge is 0.508 e. The number of terminal acetylenes is 1. The number of aromatic hydroxyl groups is 1. The summed E-state index contributed by atoms with van der Waals surface area (Å²) in [6, 6.07) is 13.7. The average molecular weight is 728 g/mol. The van der Waals surface area contributed by atoms with Crippen LogP contribution < -0.4 is 15.0 Å². The number of aromatic nitrogens is 4. The molecule has 0 unspecified atom stereocenters. The van der Waals surface area contributed by atoms with Gasteiger partial charge in [-0.15, -0.1) is 6.42 Å². The van der Waals surface area contributed by atoms with Crippen molar-refractivity contribution in [3.8, 4) is 46.6 Å². The topological polar surface area (TPSA) is 99.5 Å². The number of nitrogens with zero attached hydrogens (tertiary/aromatic N) is 6. The predicted molar refractivity (Wildman–Crippen MR) is 201 cm³/mol. The lowest BCUT2D eigenvalue weighted by molar-refractivity contribution is 0.107. The Labute approximate surface area is 309 Å². The second kappa shape index (κ2) is 12.5. The highest BCUT2D eigenvalue weighted by atomic mass is 19.1. The molecule has 10 rings (SSSR count). The highest BCUT2D eigenvalue weighted by Crippen LogP contribution is 2.45. The highest BCUT2D eigenvalue weighted by molar-refractivity contribution is 6.09. The van der Waals surface area contributed by atoms with Gasteiger partial charge in [0.2, 0.25) is 0 Å². The molecular formula is C42H36F3N7O2. The van der Waals surface area contributed by atoms with Gasteiger partial charge >= 0.3 is 6.01 Å². The summed E-state index contributed by atoms with van der Waals surface area (Å²) in [4.78, 5) is 23.7. The fourth-order valence-electron chi connectivity index (χ4n) is 9.48. The molecule has 4 fully saturated rings. The molecule has 4 atom stereocenters. The van der Waals surface area contributed by atoms with E-state index in [1.807, 2.05) is 24.3 Å². The number of hydrogen-bond donors (Lipinski definition) is 2. The van der Waals surface area contributed by atoms with E-state index in [4.69, 9.17) is 26.1 Å². The summed E-state index contributed by atoms with van der Waals surface area (Å²) < 4.78 is 54.2. The van der Waals surface area contributed by atoms with Gasteiger partial charge in [0.1, 0.15) is 41.4 Å². The zero-order chi connectivity index (χ0) is 36.7. The van der Waals surface area contributed by atoms with Gasteiger partial charge in [-0.05, 0) is 61.2 Å². The van der Waals surface area contributed by atoms with Gasteiger partial charge in [0.05, 0.1) is 22.2 Å². The van der Waals surface area contributed by atoms with Crippen molar-refractivity contribution in [2.45, 2.75) is 55.9 Å². The molecule has 0 saturated carbocycles. The molecule has 6 aromatic rings. The normalized spacial score (nSPS) is 23.7. The van der Waals surface area contributed by atoms with Gasteiger partial charge in [0.25, 0.3) is 0 Å². The van der Waals surface area contributed by atoms with E-state index in [9.17, 15) is 9.50 Å². The fourth-order valence-corrected chi connectivity index (χ4v) is 9.48. The van der Waals surface area contributed by atoms with Crippen molar-refractivity contribution in [2.75, 3.05) is 37.7 Å². The van der Waals surface area contributed by atoms with Gasteiger partial charge < -0.3 is 20.1 Å². The van der Waals surface area contributed by atoms with Crippen molar-refractivity contribution < 1.29 is 23.0 Å². The van der Waals surface area contributed by atoms with Gasteiger partial charge in [-0.3, -0.25) is 9.88 Å². The predicted octanol–water partition coefficient (Wildman–Crippen LogP) is 6.92. The minimum absolute atomic E-state index is 0.0268. The SMILES string of the molecule is C#Cc1c(F)ccc2cc(O)cc(-c3nc(-c4cncc5ccccc45)c4c(N5C[C@H]6CC[C@@H](C5)N6)nc(OC[C@@]56CCCN5C[C@H](F)C6)nc4c3F)c12. The first-order valence-electron chi connectivity index (χ1n) is 18.5. The molecule has 0 aliphatic carbocycles. The highest BCUT2D eigenvalue weighted by Gasteiger charge is 2.49. The molecule has 2 N–H and O–H groups in total. The van der Waals surface area contributed by atoms with Crippen LogP contribution in [-0.4, -0.2) is 86.5 Å². The Morgan fingerprint density at radius 3 is 2.61 bits per heavy atom. The number of ether oxygens (including phenoxy) is 1. The number of phenolic OH excluding ortho intramolecular Hbond substituents is 1. The number of fused-ring (bicyclic) bond motifs is 6. The molecule has 0 radical (unpaired) electrons. The Kier molecular flexibility index (Phi) is 7.68. The van der Waals surface area contributed by atoms with Crippen molar-refractivity contribution in [3.63, 3.8) is 0 Å². The number of rotatable bonds is 6. The number of halogens is 3. The summed E-state index contributed by atoms with van der Waals surface area (Å²) in [5.74, 6) is 1.26. The van der Waals surface area contributed by atoms with Crippen LogP contribution >= 0.6 is 0 Å². The van der Waals surface area contributed by atoms with Crippen LogP contribution in [0, 0.1) is 24.0 Å². The molecule has 2 bridgehead atoms. The van der Waals surface area contributed by atoms with Gasteiger partial charge in [-0.25, -0.2) is 18.2 Å². The van der Waals surface area contributed by atoms with Crippen molar-refractivity contribution in [3.05, 3.63) is 78.1 Å². The fraction of sp³-hybridized carbons (Fsp3) is 0.333. The van der Waals surface area contributed by atoms with E-state index in [0.717, 1.165) is 43.0 Å². The van der Waals surface area contributed by atoms with Crippen LogP contribution in [0.1, 0.15) is 37.7 Å². The zero-order valence-electron chi connectivity index (χ0n) is 29.3. The minimum atomic E-state index is -0.948. The summed E-state index contributed by atoms with van der Waals surface area (Å²) in [6.45, 7) is 2.57. The standard InChI is InChI=1S/C42H36F3N7O2/c1-2-29-33(44)11-8-23-14-28(53)15-31(34(23)29)38-36(45)39-35(37(48-38)32-18-46-17-24-6-3-4-7-30(24)32)40(51-20-26-9-10-27(21-51)47-26)50-41(49-39)54-22-42-12-5-13-52(42)19-25(43)16-42/h1,3-4,6-8,11,14-15,17-18,25-27,47,53H,5,9-10,12-13,16,19-22H2/t25-,26-,27+,42+/m1/s1. The molecular weight excluding hydrogens is 692 g/mol. The third-order valence-electron chi connectivity index (χ3n) is 11.9. The molecule has 0 amide bonds. The molecule has 272 valence electrons. The molecule has 4 aliphatic heterocycles. The second-order valence-electron chi connectivity index (χ2n) is 15.1. The van der Waals surface area contributed by atoms with Gasteiger partial charge in [0, 0.05) is 72.4 Å². The summed E-state index contributed by atoms with van der Waals surface area (Å²) in [6.07, 6.45) is 12.4. The Morgan fingerprint density at radius 2 is 1.78 bits per heavy atom. The van der Waals surface area contributed by atoms with E-state index >= 15 is 8.78 Å². The third kappa shape index (κ3) is 5.24. The maximum Gasteiger partial charge on any atom is 0.319 e. The van der Waals surface area contributed by atoms with Crippen LogP contribution in [0.15, 0.2) is 60.9 Å². The van der Waals surface area contributed by atoms with Crippen LogP contribution in [0.2, 0.25) is 0 Å². The first-order chi connectivity index (χ1) is 26.3. The van der Waals surface area contributed by atoms with E-state index in [2.05, 4.69) is 26.0 Å². The number of hydrogen-bond acceptors (Lipinski definition) is 9. The quantitative estimate of drug-likeness (QED) is 0.177. The maximum absolute atomic E-state index is 17.7. The zero-order valence-corrected chi connectivity index (χ0v) is 29.3. The number of phenols is 1. The number of anilines is 1. The monoisotopic (exact) mass is 727 g/mol. The van der Waals surface area contributed by atoms with E-state index in [1.54, 1.807) is 12.4 Å². The molecule has 3 aromatic heterocycles. The van der Waals surface area contributed by atoms with Gasteiger partial charge in [-0.2, -0.15) is 9.97 Å². The molecule has 12 heteroatoms. The van der Waals surface area contributed by atoms with Crippen molar-refractivity contribution in [1.82, 2.24) is 30.2 Å². The van der Waals surface area contributed by atoms with Crippen LogP contribution in [0.4, 0.5) is 19.0 Å². The average Bonchev–Trinajstić information content (AvgIpc) is 3.83. The first kappa shape index (κ1) is 33.1. The molecule has 7 heterocycles. The Balaban J connectivity index is 1.27. The summed E-state index contributed by atoms with van der Waals surface area (Å²) in [5.41, 5.74) is 0.289. The molecule has 54 heavy (non-hydrogen) atoms. The first-order valence-corrected chi connectivity index (χ1v) is 18.5. The summed E-state index contributed by atoms with van der Waals surface area (Å²) in [7, 11) is 0. The Hall–Kier alpha value is -5.51. The summed E-state index contributed by atoms with van der Waals surface area (Å²) in [5, 5.41) is 17.3. The van der Waals surface area contributed by atoms with Gasteiger partial charge in [-0.1, -0.05) is 36.3 Å². The molecule has 0 spiro atoms. The van der Waals surface area contributed by atoms with Crippen molar-refractivity contribution >= 4 is 38.3 Å². The van der Waals surface area contributed by atoms with E-state index in [0.29, 0.717) is 53.9 Å². The van der Waals surface area contributed by atoms with Crippen LogP contribution in [0.5, 0.6) is 11.8 Å². The van der Waals surface area contributed by atoms with Crippen molar-refractivity contribution in [2.24, 2.45) is 0 Å². The number of nitrogens with one attached hydrogen (secondary N) is 1. The molecule has 4 aliphatic rings. The van der Waals surface area contributed by atoms with E-state index in [-0.39, 0.29) is 58.2 Å². The van der Waals surface area contributed by atoms with E-state index < -0.39 is 23.3 Å². The number of pyridine rings is 2. The lowest BCUT2D eigenvalue weighted by Gasteiger charge is -2.35. The Bertz CT molecular complexity index is 2540. The molecule has 3 aromatic carbocycles. The third-order valence-corrected chi connectivity index (χ3v) is 11.9. The van der Waals surface area contributed by atoms with Crippen LogP contribution in [-0.2, 0) is 0 Å². The molecule has 9 nitrogen and oxygen atoms in total. The minimum Gasteiger partial charge on any atom is -0.508 e. The smallest absolute Gasteiger partial charge is 0.319 e. The van der Waals surface area contributed by atoms with Crippen molar-refractivity contribution in [1.29, 1.82) is 0 Å². The van der Waals surface area contributed by atoms with Gasteiger partial charge in [0.15, 0.2) is 5.82 Å². The molecule has 4 saturated heterocycles. The number of benzene rings is 3. The summed E-state index contributed by atoms with van der Waals surface area (Å²) >= 11 is 0. The maximum atomic E-state index is 17.7. The second-order valence-corrected chi connectivity index (χ2v) is 15.1.